The van der Waals surface area contributed by atoms with E-state index >= 15 is 0 Å². The van der Waals surface area contributed by atoms with Gasteiger partial charge in [-0.15, -0.1) is 11.3 Å². The molecule has 6 nitrogen and oxygen atoms in total. The number of benzene rings is 1. The van der Waals surface area contributed by atoms with Crippen molar-refractivity contribution in [1.82, 2.24) is 14.9 Å². The maximum absolute atomic E-state index is 13.9. The van der Waals surface area contributed by atoms with Gasteiger partial charge in [0.2, 0.25) is 11.8 Å². The zero-order valence-electron chi connectivity index (χ0n) is 14.8. The third-order valence-electron chi connectivity index (χ3n) is 4.59. The van der Waals surface area contributed by atoms with Crippen LogP contribution in [0.15, 0.2) is 54.2 Å². The van der Waals surface area contributed by atoms with Gasteiger partial charge in [0.15, 0.2) is 5.13 Å². The van der Waals surface area contributed by atoms with Gasteiger partial charge in [0.1, 0.15) is 5.82 Å². The molecule has 1 fully saturated rings. The molecule has 2 amide bonds. The number of nitrogens with one attached hydrogen (secondary N) is 1. The molecule has 0 radical (unpaired) electrons. The molecule has 1 aliphatic rings. The van der Waals surface area contributed by atoms with Crippen LogP contribution in [0.3, 0.4) is 0 Å². The number of pyridine rings is 1. The van der Waals surface area contributed by atoms with Gasteiger partial charge in [0.25, 0.3) is 0 Å². The largest absolute Gasteiger partial charge is 0.338 e. The average molecular weight is 396 g/mol. The topological polar surface area (TPSA) is 75.2 Å². The zero-order chi connectivity index (χ0) is 19.5. The van der Waals surface area contributed by atoms with Crippen molar-refractivity contribution in [3.8, 4) is 11.3 Å². The van der Waals surface area contributed by atoms with Crippen molar-refractivity contribution in [3.63, 3.8) is 0 Å². The van der Waals surface area contributed by atoms with Crippen molar-refractivity contribution in [1.29, 1.82) is 0 Å². The third-order valence-corrected chi connectivity index (χ3v) is 5.35. The molecule has 1 saturated heterocycles. The smallest absolute Gasteiger partial charge is 0.231 e. The number of thiazole rings is 1. The molecule has 1 N–H and O–H groups in total. The fourth-order valence-corrected chi connectivity index (χ4v) is 3.85. The number of anilines is 1. The monoisotopic (exact) mass is 396 g/mol. The highest BCUT2D eigenvalue weighted by atomic mass is 32.1. The van der Waals surface area contributed by atoms with Crippen molar-refractivity contribution in [3.05, 3.63) is 65.6 Å². The van der Waals surface area contributed by atoms with Gasteiger partial charge in [0, 0.05) is 42.8 Å². The van der Waals surface area contributed by atoms with Crippen molar-refractivity contribution < 1.29 is 14.0 Å². The number of halogens is 1. The van der Waals surface area contributed by atoms with E-state index in [1.165, 1.54) is 17.4 Å². The molecule has 1 aromatic carbocycles. The molecule has 0 saturated carbocycles. The molecule has 1 unspecified atom stereocenters. The zero-order valence-corrected chi connectivity index (χ0v) is 15.7. The number of carbonyl (C=O) groups is 2. The summed E-state index contributed by atoms with van der Waals surface area (Å²) in [5.41, 5.74) is 1.83. The number of hydrogen-bond donors (Lipinski definition) is 1. The van der Waals surface area contributed by atoms with Crippen LogP contribution in [0, 0.1) is 11.7 Å². The number of rotatable bonds is 5. The Kier molecular flexibility index (Phi) is 5.12. The minimum Gasteiger partial charge on any atom is -0.338 e. The molecule has 2 aromatic heterocycles. The van der Waals surface area contributed by atoms with E-state index in [1.54, 1.807) is 40.9 Å². The minimum absolute atomic E-state index is 0.0526. The summed E-state index contributed by atoms with van der Waals surface area (Å²) in [6.07, 6.45) is 3.52. The van der Waals surface area contributed by atoms with Crippen molar-refractivity contribution in [2.24, 2.45) is 5.92 Å². The first kappa shape index (κ1) is 18.2. The van der Waals surface area contributed by atoms with Gasteiger partial charge in [-0.2, -0.15) is 0 Å². The van der Waals surface area contributed by atoms with Crippen LogP contribution >= 0.6 is 11.3 Å². The maximum Gasteiger partial charge on any atom is 0.231 e. The van der Waals surface area contributed by atoms with Gasteiger partial charge in [-0.3, -0.25) is 14.6 Å². The predicted molar refractivity (Wildman–Crippen MR) is 104 cm³/mol. The predicted octanol–water partition coefficient (Wildman–Crippen LogP) is 3.33. The number of nitrogens with zero attached hydrogens (tertiary/aromatic N) is 3. The lowest BCUT2D eigenvalue weighted by Gasteiger charge is -2.16. The molecular formula is C20H17FN4O2S. The molecule has 4 rings (SSSR count). The Labute approximate surface area is 165 Å². The lowest BCUT2D eigenvalue weighted by atomic mass is 10.1. The fourth-order valence-electron chi connectivity index (χ4n) is 3.14. The summed E-state index contributed by atoms with van der Waals surface area (Å²) in [5.74, 6) is -1.10. The van der Waals surface area contributed by atoms with E-state index < -0.39 is 5.92 Å². The Morgan fingerprint density at radius 1 is 1.25 bits per heavy atom. The highest BCUT2D eigenvalue weighted by Gasteiger charge is 2.34. The van der Waals surface area contributed by atoms with Crippen LogP contribution in [-0.2, 0) is 16.1 Å². The second-order valence-corrected chi connectivity index (χ2v) is 7.40. The summed E-state index contributed by atoms with van der Waals surface area (Å²) in [6.45, 7) is 0.818. The van der Waals surface area contributed by atoms with Crippen molar-refractivity contribution >= 4 is 28.3 Å². The molecule has 0 aliphatic carbocycles. The summed E-state index contributed by atoms with van der Waals surface area (Å²) in [4.78, 5) is 34.7. The van der Waals surface area contributed by atoms with Crippen LogP contribution < -0.4 is 5.32 Å². The molecule has 28 heavy (non-hydrogen) atoms. The van der Waals surface area contributed by atoms with Crippen LogP contribution in [0.1, 0.15) is 12.0 Å². The molecule has 142 valence electrons. The van der Waals surface area contributed by atoms with Gasteiger partial charge in [-0.05, 0) is 29.8 Å². The summed E-state index contributed by atoms with van der Waals surface area (Å²) in [5, 5.41) is 4.85. The summed E-state index contributed by atoms with van der Waals surface area (Å²) < 4.78 is 13.9. The Hall–Kier alpha value is -3.13. The normalized spacial score (nSPS) is 16.4. The van der Waals surface area contributed by atoms with E-state index in [1.807, 2.05) is 12.1 Å². The molecule has 1 atom stereocenters. The van der Waals surface area contributed by atoms with Crippen LogP contribution in [0.5, 0.6) is 0 Å². The highest BCUT2D eigenvalue weighted by molar-refractivity contribution is 7.14. The first-order valence-corrected chi connectivity index (χ1v) is 9.66. The Bertz CT molecular complexity index is 1010. The van der Waals surface area contributed by atoms with E-state index in [9.17, 15) is 14.0 Å². The molecule has 3 heterocycles. The number of aromatic nitrogens is 2. The first-order chi connectivity index (χ1) is 13.6. The second-order valence-electron chi connectivity index (χ2n) is 6.54. The van der Waals surface area contributed by atoms with E-state index in [0.717, 1.165) is 5.56 Å². The van der Waals surface area contributed by atoms with Gasteiger partial charge < -0.3 is 10.2 Å². The second kappa shape index (κ2) is 7.85. The van der Waals surface area contributed by atoms with Gasteiger partial charge in [-0.25, -0.2) is 9.37 Å². The standard InChI is InChI=1S/C20H17FN4O2S/c21-16-4-2-1-3-15(16)17-12-28-20(23-17)24-19(27)14-9-18(26)25(11-14)10-13-5-7-22-8-6-13/h1-8,12,14H,9-11H2,(H,23,24,27). The molecular weight excluding hydrogens is 379 g/mol. The summed E-state index contributed by atoms with van der Waals surface area (Å²) >= 11 is 1.23. The molecule has 0 bridgehead atoms. The lowest BCUT2D eigenvalue weighted by Crippen LogP contribution is -2.28. The van der Waals surface area contributed by atoms with Gasteiger partial charge in [0.05, 0.1) is 11.6 Å². The Morgan fingerprint density at radius 2 is 2.04 bits per heavy atom. The SMILES string of the molecule is O=C(Nc1nc(-c2ccccc2F)cs1)C1CC(=O)N(Cc2ccncc2)C1. The highest BCUT2D eigenvalue weighted by Crippen LogP contribution is 2.28. The lowest BCUT2D eigenvalue weighted by molar-refractivity contribution is -0.128. The van der Waals surface area contributed by atoms with E-state index in [0.29, 0.717) is 29.5 Å². The van der Waals surface area contributed by atoms with Crippen LogP contribution in [0.4, 0.5) is 9.52 Å². The maximum atomic E-state index is 13.9. The van der Waals surface area contributed by atoms with Gasteiger partial charge >= 0.3 is 0 Å². The molecule has 1 aliphatic heterocycles. The van der Waals surface area contributed by atoms with E-state index in [2.05, 4.69) is 15.3 Å². The van der Waals surface area contributed by atoms with Crippen molar-refractivity contribution in [2.75, 3.05) is 11.9 Å². The Balaban J connectivity index is 1.39. The van der Waals surface area contributed by atoms with Crippen molar-refractivity contribution in [2.45, 2.75) is 13.0 Å². The quantitative estimate of drug-likeness (QED) is 0.718. The Morgan fingerprint density at radius 3 is 2.82 bits per heavy atom. The number of amides is 2. The van der Waals surface area contributed by atoms with E-state index in [4.69, 9.17) is 0 Å². The van der Waals surface area contributed by atoms with Crippen LogP contribution in [-0.4, -0.2) is 33.2 Å². The fraction of sp³-hybridized carbons (Fsp3) is 0.200. The van der Waals surface area contributed by atoms with Crippen LogP contribution in [0.25, 0.3) is 11.3 Å². The molecule has 8 heteroatoms. The number of likely N-dealkylation sites (tertiary alicyclic amines) is 1. The number of carbonyl (C=O) groups excluding carboxylic acids is 2. The van der Waals surface area contributed by atoms with E-state index in [-0.39, 0.29) is 24.1 Å². The first-order valence-electron chi connectivity index (χ1n) is 8.78. The molecule has 0 spiro atoms. The average Bonchev–Trinajstić information content (AvgIpc) is 3.30. The molecule has 3 aromatic rings. The summed E-state index contributed by atoms with van der Waals surface area (Å²) in [6, 6.07) is 10.1. The third kappa shape index (κ3) is 3.91. The van der Waals surface area contributed by atoms with Crippen LogP contribution in [0.2, 0.25) is 0 Å². The number of hydrogen-bond acceptors (Lipinski definition) is 5. The minimum atomic E-state index is -0.435. The van der Waals surface area contributed by atoms with Gasteiger partial charge in [-0.1, -0.05) is 12.1 Å². The summed E-state index contributed by atoms with van der Waals surface area (Å²) in [7, 11) is 0.